The molecule has 2 aromatic carbocycles. The second-order valence-electron chi connectivity index (χ2n) is 4.55. The zero-order chi connectivity index (χ0) is 15.9. The number of anilines is 2. The molecule has 0 atom stereocenters. The summed E-state index contributed by atoms with van der Waals surface area (Å²) in [5, 5.41) is 5.27. The number of methoxy groups -OCH3 is 1. The van der Waals surface area contributed by atoms with Gasteiger partial charge in [-0.2, -0.15) is 0 Å². The Morgan fingerprint density at radius 3 is 2.32 bits per heavy atom. The molecule has 0 aliphatic rings. The number of carbonyl (C=O) groups excluding carboxylic acids is 1. The summed E-state index contributed by atoms with van der Waals surface area (Å²) in [6.45, 7) is 0.125. The van der Waals surface area contributed by atoms with Crippen LogP contribution in [0.3, 0.4) is 0 Å². The van der Waals surface area contributed by atoms with Crippen LogP contribution in [-0.2, 0) is 4.79 Å². The van der Waals surface area contributed by atoms with Crippen molar-refractivity contribution in [3.63, 3.8) is 0 Å². The molecule has 0 aliphatic heterocycles. The van der Waals surface area contributed by atoms with Gasteiger partial charge in [-0.05, 0) is 36.4 Å². The van der Waals surface area contributed by atoms with Crippen LogP contribution >= 0.6 is 0 Å². The third kappa shape index (κ3) is 4.18. The Morgan fingerprint density at radius 1 is 1.09 bits per heavy atom. The van der Waals surface area contributed by atoms with E-state index in [0.717, 1.165) is 12.1 Å². The Morgan fingerprint density at radius 2 is 1.73 bits per heavy atom. The highest BCUT2D eigenvalue weighted by atomic mass is 19.1. The van der Waals surface area contributed by atoms with Gasteiger partial charge >= 0.3 is 0 Å². The SMILES string of the molecule is COc1ccc(NC(=O)CCNc2c(F)cccc2F)cc1. The van der Waals surface area contributed by atoms with Crippen molar-refractivity contribution in [2.75, 3.05) is 24.3 Å². The van der Waals surface area contributed by atoms with Crippen molar-refractivity contribution < 1.29 is 18.3 Å². The summed E-state index contributed by atoms with van der Waals surface area (Å²) >= 11 is 0. The van der Waals surface area contributed by atoms with E-state index in [1.807, 2.05) is 0 Å². The van der Waals surface area contributed by atoms with E-state index in [1.54, 1.807) is 31.4 Å². The van der Waals surface area contributed by atoms with Crippen molar-refractivity contribution in [2.24, 2.45) is 0 Å². The van der Waals surface area contributed by atoms with Crippen molar-refractivity contribution in [1.29, 1.82) is 0 Å². The molecule has 6 heteroatoms. The fraction of sp³-hybridized carbons (Fsp3) is 0.188. The maximum atomic E-state index is 13.4. The predicted octanol–water partition coefficient (Wildman–Crippen LogP) is 3.41. The molecule has 0 saturated carbocycles. The molecule has 0 aromatic heterocycles. The molecule has 22 heavy (non-hydrogen) atoms. The maximum Gasteiger partial charge on any atom is 0.226 e. The number of hydrogen-bond donors (Lipinski definition) is 2. The molecule has 0 heterocycles. The lowest BCUT2D eigenvalue weighted by Crippen LogP contribution is -2.17. The summed E-state index contributed by atoms with van der Waals surface area (Å²) in [5.41, 5.74) is 0.405. The van der Waals surface area contributed by atoms with Crippen LogP contribution in [0.5, 0.6) is 5.75 Å². The van der Waals surface area contributed by atoms with Gasteiger partial charge in [0.1, 0.15) is 23.1 Å². The lowest BCUT2D eigenvalue weighted by atomic mass is 10.2. The Hall–Kier alpha value is -2.63. The molecule has 2 N–H and O–H groups in total. The van der Waals surface area contributed by atoms with Crippen molar-refractivity contribution in [1.82, 2.24) is 0 Å². The van der Waals surface area contributed by atoms with E-state index in [1.165, 1.54) is 6.07 Å². The first kappa shape index (κ1) is 15.8. The topological polar surface area (TPSA) is 50.4 Å². The van der Waals surface area contributed by atoms with Gasteiger partial charge in [-0.3, -0.25) is 4.79 Å². The van der Waals surface area contributed by atoms with E-state index in [-0.39, 0.29) is 24.6 Å². The summed E-state index contributed by atoms with van der Waals surface area (Å²) in [4.78, 5) is 11.8. The third-order valence-electron chi connectivity index (χ3n) is 2.99. The zero-order valence-electron chi connectivity index (χ0n) is 12.0. The number of carbonyl (C=O) groups is 1. The molecule has 4 nitrogen and oxygen atoms in total. The largest absolute Gasteiger partial charge is 0.497 e. The molecule has 0 unspecified atom stereocenters. The Labute approximate surface area is 127 Å². The van der Waals surface area contributed by atoms with Gasteiger partial charge in [0, 0.05) is 18.7 Å². The summed E-state index contributed by atoms with van der Waals surface area (Å²) in [5.74, 6) is -0.935. The average molecular weight is 306 g/mol. The highest BCUT2D eigenvalue weighted by molar-refractivity contribution is 5.91. The highest BCUT2D eigenvalue weighted by Gasteiger charge is 2.08. The number of rotatable bonds is 6. The first-order valence-corrected chi connectivity index (χ1v) is 6.72. The van der Waals surface area contributed by atoms with Crippen LogP contribution < -0.4 is 15.4 Å². The van der Waals surface area contributed by atoms with Crippen LogP contribution in [0.1, 0.15) is 6.42 Å². The first-order valence-electron chi connectivity index (χ1n) is 6.72. The maximum absolute atomic E-state index is 13.4. The van der Waals surface area contributed by atoms with Gasteiger partial charge in [0.15, 0.2) is 0 Å². The molecule has 0 saturated heterocycles. The van der Waals surface area contributed by atoms with Crippen LogP contribution in [-0.4, -0.2) is 19.6 Å². The average Bonchev–Trinajstić information content (AvgIpc) is 2.51. The number of nitrogens with one attached hydrogen (secondary N) is 2. The second kappa shape index (κ2) is 7.40. The number of amides is 1. The Balaban J connectivity index is 1.82. The van der Waals surface area contributed by atoms with E-state index in [0.29, 0.717) is 11.4 Å². The van der Waals surface area contributed by atoms with Crippen LogP contribution in [0, 0.1) is 11.6 Å². The van der Waals surface area contributed by atoms with Gasteiger partial charge in [0.2, 0.25) is 5.91 Å². The van der Waals surface area contributed by atoms with Gasteiger partial charge in [-0.25, -0.2) is 8.78 Å². The van der Waals surface area contributed by atoms with E-state index < -0.39 is 11.6 Å². The molecule has 0 bridgehead atoms. The molecule has 0 spiro atoms. The lowest BCUT2D eigenvalue weighted by Gasteiger charge is -2.09. The van der Waals surface area contributed by atoms with Gasteiger partial charge in [0.25, 0.3) is 0 Å². The Bertz CT molecular complexity index is 625. The van der Waals surface area contributed by atoms with Crippen LogP contribution in [0.4, 0.5) is 20.2 Å². The fourth-order valence-corrected chi connectivity index (χ4v) is 1.87. The standard InChI is InChI=1S/C16H16F2N2O2/c1-22-12-7-5-11(6-8-12)20-15(21)9-10-19-16-13(17)3-2-4-14(16)18/h2-8,19H,9-10H2,1H3,(H,20,21). The van der Waals surface area contributed by atoms with Crippen molar-refractivity contribution in [2.45, 2.75) is 6.42 Å². The van der Waals surface area contributed by atoms with Gasteiger partial charge in [-0.15, -0.1) is 0 Å². The summed E-state index contributed by atoms with van der Waals surface area (Å²) < 4.78 is 31.8. The molecule has 0 fully saturated rings. The van der Waals surface area contributed by atoms with Crippen LogP contribution in [0.25, 0.3) is 0 Å². The first-order chi connectivity index (χ1) is 10.6. The molecule has 116 valence electrons. The van der Waals surface area contributed by atoms with E-state index in [4.69, 9.17) is 4.74 Å². The number of halogens is 2. The fourth-order valence-electron chi connectivity index (χ4n) is 1.87. The lowest BCUT2D eigenvalue weighted by molar-refractivity contribution is -0.115. The van der Waals surface area contributed by atoms with Crippen molar-refractivity contribution >= 4 is 17.3 Å². The number of benzene rings is 2. The predicted molar refractivity (Wildman–Crippen MR) is 81.1 cm³/mol. The smallest absolute Gasteiger partial charge is 0.226 e. The number of hydrogen-bond acceptors (Lipinski definition) is 3. The monoisotopic (exact) mass is 306 g/mol. The van der Waals surface area contributed by atoms with Gasteiger partial charge in [0.05, 0.1) is 7.11 Å². The number of ether oxygens (including phenoxy) is 1. The summed E-state index contributed by atoms with van der Waals surface area (Å²) in [6, 6.07) is 10.5. The molecule has 0 aliphatic carbocycles. The molecular weight excluding hydrogens is 290 g/mol. The zero-order valence-corrected chi connectivity index (χ0v) is 12.0. The molecule has 2 rings (SSSR count). The summed E-state index contributed by atoms with van der Waals surface area (Å²) in [6.07, 6.45) is 0.0831. The second-order valence-corrected chi connectivity index (χ2v) is 4.55. The van der Waals surface area contributed by atoms with E-state index >= 15 is 0 Å². The minimum atomic E-state index is -0.685. The molecule has 2 aromatic rings. The molecule has 1 amide bonds. The highest BCUT2D eigenvalue weighted by Crippen LogP contribution is 2.18. The summed E-state index contributed by atoms with van der Waals surface area (Å²) in [7, 11) is 1.56. The van der Waals surface area contributed by atoms with E-state index in [9.17, 15) is 13.6 Å². The normalized spacial score (nSPS) is 10.1. The molecular formula is C16H16F2N2O2. The minimum absolute atomic E-state index is 0.0831. The quantitative estimate of drug-likeness (QED) is 0.860. The molecule has 0 radical (unpaired) electrons. The van der Waals surface area contributed by atoms with Gasteiger partial charge in [-0.1, -0.05) is 6.07 Å². The van der Waals surface area contributed by atoms with Crippen LogP contribution in [0.2, 0.25) is 0 Å². The van der Waals surface area contributed by atoms with Crippen molar-refractivity contribution in [3.8, 4) is 5.75 Å². The van der Waals surface area contributed by atoms with E-state index in [2.05, 4.69) is 10.6 Å². The van der Waals surface area contributed by atoms with Crippen molar-refractivity contribution in [3.05, 3.63) is 54.1 Å². The van der Waals surface area contributed by atoms with Crippen LogP contribution in [0.15, 0.2) is 42.5 Å². The number of para-hydroxylation sites is 1. The minimum Gasteiger partial charge on any atom is -0.497 e. The Kier molecular flexibility index (Phi) is 5.30. The van der Waals surface area contributed by atoms with Gasteiger partial charge < -0.3 is 15.4 Å². The third-order valence-corrected chi connectivity index (χ3v) is 2.99.